The molecule has 16 heavy (non-hydrogen) atoms. The fourth-order valence-electron chi connectivity index (χ4n) is 1.26. The van der Waals surface area contributed by atoms with Gasteiger partial charge in [-0.2, -0.15) is 0 Å². The summed E-state index contributed by atoms with van der Waals surface area (Å²) in [5.74, 6) is -0.858. The first-order valence-corrected chi connectivity index (χ1v) is 5.86. The maximum absolute atomic E-state index is 10.6. The summed E-state index contributed by atoms with van der Waals surface area (Å²) < 4.78 is 0.880. The summed E-state index contributed by atoms with van der Waals surface area (Å²) in [5, 5.41) is 10.4. The molecule has 4 heteroatoms. The fourth-order valence-corrected chi connectivity index (χ4v) is 2.16. The molecule has 86 valence electrons. The Bertz CT molecular complexity index is 502. The van der Waals surface area contributed by atoms with Crippen LogP contribution in [-0.4, -0.2) is 16.1 Å². The van der Waals surface area contributed by atoms with E-state index >= 15 is 0 Å². The third-order valence-electron chi connectivity index (χ3n) is 2.09. The van der Waals surface area contributed by atoms with Gasteiger partial charge in [0.25, 0.3) is 0 Å². The monoisotopic (exact) mass is 237 g/mol. The zero-order chi connectivity index (χ0) is 12.1. The molecule has 0 saturated heterocycles. The van der Waals surface area contributed by atoms with Crippen molar-refractivity contribution in [2.75, 3.05) is 0 Å². The Morgan fingerprint density at radius 3 is 2.94 bits per heavy atom. The first-order chi connectivity index (χ1) is 7.54. The van der Waals surface area contributed by atoms with Crippen molar-refractivity contribution in [3.8, 4) is 0 Å². The highest BCUT2D eigenvalue weighted by Gasteiger charge is 2.13. The number of nitrogens with zero attached hydrogens (tertiary/aromatic N) is 1. The first kappa shape index (κ1) is 12.6. The Morgan fingerprint density at radius 2 is 2.38 bits per heavy atom. The average Bonchev–Trinajstić information content (AvgIpc) is 2.56. The minimum atomic E-state index is -0.799. The van der Waals surface area contributed by atoms with Crippen molar-refractivity contribution in [3.05, 3.63) is 27.0 Å². The molecule has 0 aliphatic rings. The second-order valence-electron chi connectivity index (χ2n) is 3.55. The van der Waals surface area contributed by atoms with E-state index in [1.165, 1.54) is 11.3 Å². The van der Waals surface area contributed by atoms with E-state index in [1.54, 1.807) is 0 Å². The Balaban J connectivity index is 3.01. The van der Waals surface area contributed by atoms with Gasteiger partial charge in [0.1, 0.15) is 0 Å². The van der Waals surface area contributed by atoms with Gasteiger partial charge in [-0.1, -0.05) is 25.7 Å². The second-order valence-corrected chi connectivity index (χ2v) is 4.67. The van der Waals surface area contributed by atoms with Crippen molar-refractivity contribution in [3.63, 3.8) is 0 Å². The molecular formula is C12H15NO2S. The van der Waals surface area contributed by atoms with E-state index < -0.39 is 5.97 Å². The Hall–Kier alpha value is -1.42. The Kier molecular flexibility index (Phi) is 4.43. The molecule has 0 spiro atoms. The number of hydrogen-bond donors (Lipinski definition) is 1. The molecule has 0 fully saturated rings. The average molecular weight is 237 g/mol. The molecule has 0 radical (unpaired) electrons. The van der Waals surface area contributed by atoms with Crippen LogP contribution < -0.4 is 9.88 Å². The van der Waals surface area contributed by atoms with Gasteiger partial charge in [0, 0.05) is 10.5 Å². The van der Waals surface area contributed by atoms with Crippen molar-refractivity contribution in [1.82, 2.24) is 4.98 Å². The number of carbonyl (C=O) groups is 1. The van der Waals surface area contributed by atoms with E-state index in [2.05, 4.69) is 11.6 Å². The minimum Gasteiger partial charge on any atom is -0.481 e. The number of rotatable bonds is 4. The highest BCUT2D eigenvalue weighted by Crippen LogP contribution is 2.17. The standard InChI is InChI=1S/C12H15NO2S/c1-4-5-6-10-9(3)16-12(13-10)8(2)7-11(14)15/h4-6,8H,3,7H2,1-2H3,(H,14,15)/b5-4-,10-6+. The predicted molar refractivity (Wildman–Crippen MR) is 66.8 cm³/mol. The lowest BCUT2D eigenvalue weighted by atomic mass is 10.1. The first-order valence-electron chi connectivity index (χ1n) is 5.05. The van der Waals surface area contributed by atoms with Crippen molar-refractivity contribution < 1.29 is 9.90 Å². The molecule has 0 aliphatic heterocycles. The van der Waals surface area contributed by atoms with Crippen LogP contribution >= 0.6 is 11.3 Å². The highest BCUT2D eigenvalue weighted by atomic mass is 32.1. The van der Waals surface area contributed by atoms with Crippen LogP contribution in [-0.2, 0) is 4.79 Å². The second kappa shape index (κ2) is 5.61. The van der Waals surface area contributed by atoms with Crippen LogP contribution in [0.3, 0.4) is 0 Å². The summed E-state index contributed by atoms with van der Waals surface area (Å²) in [4.78, 5) is 15.0. The van der Waals surface area contributed by atoms with E-state index in [-0.39, 0.29) is 12.3 Å². The Morgan fingerprint density at radius 1 is 1.69 bits per heavy atom. The van der Waals surface area contributed by atoms with Crippen molar-refractivity contribution in [2.24, 2.45) is 0 Å². The van der Waals surface area contributed by atoms with Crippen LogP contribution in [0.1, 0.15) is 31.2 Å². The van der Waals surface area contributed by atoms with Gasteiger partial charge in [-0.15, -0.1) is 11.3 Å². The molecule has 0 amide bonds. The maximum atomic E-state index is 10.6. The maximum Gasteiger partial charge on any atom is 0.304 e. The number of aliphatic carboxylic acids is 1. The molecule has 1 aromatic rings. The molecule has 1 unspecified atom stereocenters. The SMILES string of the molecule is C=c1sc(C(C)CC(=O)O)n/c1=C/C=C\C. The summed E-state index contributed by atoms with van der Waals surface area (Å²) in [5.41, 5.74) is 0. The van der Waals surface area contributed by atoms with Crippen LogP contribution in [0.5, 0.6) is 0 Å². The van der Waals surface area contributed by atoms with Gasteiger partial charge in [-0.25, -0.2) is 4.98 Å². The van der Waals surface area contributed by atoms with Crippen LogP contribution in [0.4, 0.5) is 0 Å². The zero-order valence-electron chi connectivity index (χ0n) is 9.43. The van der Waals surface area contributed by atoms with Crippen molar-refractivity contribution >= 4 is 30.0 Å². The lowest BCUT2D eigenvalue weighted by Crippen LogP contribution is -2.18. The van der Waals surface area contributed by atoms with Crippen LogP contribution in [0, 0.1) is 0 Å². The number of thiazole rings is 1. The van der Waals surface area contributed by atoms with Crippen LogP contribution in [0.25, 0.3) is 12.7 Å². The van der Waals surface area contributed by atoms with E-state index in [0.717, 1.165) is 14.9 Å². The smallest absolute Gasteiger partial charge is 0.304 e. The fraction of sp³-hybridized carbons (Fsp3) is 0.333. The molecule has 3 nitrogen and oxygen atoms in total. The summed E-state index contributed by atoms with van der Waals surface area (Å²) >= 11 is 1.46. The molecule has 0 aliphatic carbocycles. The van der Waals surface area contributed by atoms with Gasteiger partial charge >= 0.3 is 5.97 Å². The van der Waals surface area contributed by atoms with Gasteiger partial charge in [0.05, 0.1) is 16.8 Å². The molecule has 1 N–H and O–H groups in total. The number of carboxylic acids is 1. The van der Waals surface area contributed by atoms with Gasteiger partial charge in [0.15, 0.2) is 0 Å². The summed E-state index contributed by atoms with van der Waals surface area (Å²) in [7, 11) is 0. The lowest BCUT2D eigenvalue weighted by Gasteiger charge is -2.02. The molecule has 1 heterocycles. The topological polar surface area (TPSA) is 50.2 Å². The number of allylic oxidation sites excluding steroid dienone is 2. The Labute approximate surface area is 98.5 Å². The van der Waals surface area contributed by atoms with Gasteiger partial charge < -0.3 is 5.11 Å². The molecule has 1 rings (SSSR count). The van der Waals surface area contributed by atoms with Crippen molar-refractivity contribution in [1.29, 1.82) is 0 Å². The zero-order valence-corrected chi connectivity index (χ0v) is 10.3. The lowest BCUT2D eigenvalue weighted by molar-refractivity contribution is -0.137. The molecule has 0 saturated carbocycles. The van der Waals surface area contributed by atoms with E-state index in [1.807, 2.05) is 32.1 Å². The largest absolute Gasteiger partial charge is 0.481 e. The summed E-state index contributed by atoms with van der Waals surface area (Å²) in [6.45, 7) is 7.70. The van der Waals surface area contributed by atoms with Crippen LogP contribution in [0.15, 0.2) is 12.2 Å². The molecule has 1 atom stereocenters. The van der Waals surface area contributed by atoms with E-state index in [4.69, 9.17) is 5.11 Å². The van der Waals surface area contributed by atoms with E-state index in [9.17, 15) is 4.79 Å². The number of aromatic nitrogens is 1. The molecule has 0 aromatic carbocycles. The summed E-state index contributed by atoms with van der Waals surface area (Å²) in [6.07, 6.45) is 5.81. The highest BCUT2D eigenvalue weighted by molar-refractivity contribution is 7.09. The van der Waals surface area contributed by atoms with Crippen molar-refractivity contribution in [2.45, 2.75) is 26.2 Å². The normalized spacial score (nSPS) is 14.5. The molecule has 1 aromatic heterocycles. The van der Waals surface area contributed by atoms with Gasteiger partial charge in [-0.3, -0.25) is 4.79 Å². The summed E-state index contributed by atoms with van der Waals surface area (Å²) in [6, 6.07) is 0. The molecular weight excluding hydrogens is 222 g/mol. The molecule has 0 bridgehead atoms. The van der Waals surface area contributed by atoms with E-state index in [0.29, 0.717) is 0 Å². The predicted octanol–water partition coefficient (Wildman–Crippen LogP) is 1.49. The number of carboxylic acid groups (broad SMARTS) is 1. The van der Waals surface area contributed by atoms with Gasteiger partial charge in [0.2, 0.25) is 0 Å². The minimum absolute atomic E-state index is 0.0595. The number of hydrogen-bond acceptors (Lipinski definition) is 3. The van der Waals surface area contributed by atoms with Gasteiger partial charge in [-0.05, 0) is 13.0 Å². The third kappa shape index (κ3) is 3.31. The quantitative estimate of drug-likeness (QED) is 0.863. The van der Waals surface area contributed by atoms with Crippen LogP contribution in [0.2, 0.25) is 0 Å². The third-order valence-corrected chi connectivity index (χ3v) is 3.25.